The van der Waals surface area contributed by atoms with Crippen LogP contribution >= 0.6 is 10.7 Å². The van der Waals surface area contributed by atoms with E-state index in [9.17, 15) is 13.2 Å². The molecule has 0 bridgehead atoms. The molecule has 0 aliphatic rings. The fraction of sp³-hybridized carbons (Fsp3) is 0.462. The minimum Gasteiger partial charge on any atom is -0.493 e. The van der Waals surface area contributed by atoms with Crippen molar-refractivity contribution in [3.8, 4) is 11.5 Å². The van der Waals surface area contributed by atoms with Gasteiger partial charge in [-0.2, -0.15) is 0 Å². The number of amides is 1. The summed E-state index contributed by atoms with van der Waals surface area (Å²) in [5.41, 5.74) is -0.355. The molecule has 0 aromatic heterocycles. The lowest BCUT2D eigenvalue weighted by atomic mass is 10.1. The van der Waals surface area contributed by atoms with Crippen LogP contribution in [-0.2, 0) is 9.05 Å². The second kappa shape index (κ2) is 6.11. The van der Waals surface area contributed by atoms with Gasteiger partial charge in [-0.05, 0) is 32.9 Å². The summed E-state index contributed by atoms with van der Waals surface area (Å²) in [6, 6.07) is 2.55. The summed E-state index contributed by atoms with van der Waals surface area (Å²) in [6.45, 7) is 5.43. The van der Waals surface area contributed by atoms with Crippen LogP contribution in [0.25, 0.3) is 0 Å². The molecule has 0 aliphatic heterocycles. The molecule has 0 aliphatic carbocycles. The maximum absolute atomic E-state index is 12.2. The van der Waals surface area contributed by atoms with Crippen molar-refractivity contribution in [2.45, 2.75) is 31.2 Å². The van der Waals surface area contributed by atoms with Crippen molar-refractivity contribution in [2.75, 3.05) is 14.2 Å². The highest BCUT2D eigenvalue weighted by molar-refractivity contribution is 8.13. The molecule has 1 N–H and O–H groups in total. The fourth-order valence-corrected chi connectivity index (χ4v) is 2.67. The van der Waals surface area contributed by atoms with Gasteiger partial charge in [0.25, 0.3) is 15.0 Å². The van der Waals surface area contributed by atoms with E-state index in [2.05, 4.69) is 5.32 Å². The molecule has 1 aromatic carbocycles. The molecular formula is C13H18ClNO5S. The van der Waals surface area contributed by atoms with Gasteiger partial charge in [-0.25, -0.2) is 8.42 Å². The van der Waals surface area contributed by atoms with Crippen molar-refractivity contribution in [3.05, 3.63) is 17.7 Å². The molecule has 118 valence electrons. The monoisotopic (exact) mass is 335 g/mol. The Labute approximate surface area is 128 Å². The quantitative estimate of drug-likeness (QED) is 0.853. The molecule has 8 heteroatoms. The lowest BCUT2D eigenvalue weighted by Gasteiger charge is -2.21. The first-order valence-electron chi connectivity index (χ1n) is 6.03. The highest BCUT2D eigenvalue weighted by Crippen LogP contribution is 2.37. The molecule has 1 rings (SSSR count). The SMILES string of the molecule is COc1cc(C(=O)NC(C)(C)C)cc(S(=O)(=O)Cl)c1OC. The second-order valence-corrected chi connectivity index (χ2v) is 7.89. The average molecular weight is 336 g/mol. The van der Waals surface area contributed by atoms with Crippen LogP contribution in [0, 0.1) is 0 Å². The second-order valence-electron chi connectivity index (χ2n) is 5.35. The molecule has 0 fully saturated rings. The number of hydrogen-bond acceptors (Lipinski definition) is 5. The highest BCUT2D eigenvalue weighted by Gasteiger charge is 2.25. The molecule has 1 amide bonds. The van der Waals surface area contributed by atoms with E-state index in [1.165, 1.54) is 20.3 Å². The van der Waals surface area contributed by atoms with E-state index >= 15 is 0 Å². The molecule has 0 saturated heterocycles. The number of rotatable bonds is 4. The Morgan fingerprint density at radius 2 is 1.76 bits per heavy atom. The summed E-state index contributed by atoms with van der Waals surface area (Å²) in [5.74, 6) is -0.372. The van der Waals surface area contributed by atoms with E-state index < -0.39 is 20.5 Å². The van der Waals surface area contributed by atoms with Crippen molar-refractivity contribution in [1.29, 1.82) is 0 Å². The van der Waals surface area contributed by atoms with Crippen LogP contribution in [-0.4, -0.2) is 34.1 Å². The van der Waals surface area contributed by atoms with Gasteiger partial charge in [-0.15, -0.1) is 0 Å². The molecule has 1 aromatic rings. The van der Waals surface area contributed by atoms with E-state index in [1.807, 2.05) is 20.8 Å². The number of benzene rings is 1. The summed E-state index contributed by atoms with van der Waals surface area (Å²) in [6.07, 6.45) is 0. The molecule has 0 unspecified atom stereocenters. The Kier molecular flexibility index (Phi) is 5.11. The number of methoxy groups -OCH3 is 2. The maximum atomic E-state index is 12.2. The number of nitrogens with one attached hydrogen (secondary N) is 1. The van der Waals surface area contributed by atoms with E-state index in [1.54, 1.807) is 0 Å². The molecule has 0 atom stereocenters. The molecule has 0 radical (unpaired) electrons. The predicted molar refractivity (Wildman–Crippen MR) is 79.8 cm³/mol. The third kappa shape index (κ3) is 4.50. The van der Waals surface area contributed by atoms with Crippen molar-refractivity contribution in [1.82, 2.24) is 5.32 Å². The van der Waals surface area contributed by atoms with Gasteiger partial charge in [0.1, 0.15) is 4.90 Å². The smallest absolute Gasteiger partial charge is 0.265 e. The standard InChI is InChI=1S/C13H18ClNO5S/c1-13(2,3)15-12(16)8-6-9(19-4)11(20-5)10(7-8)21(14,17)18/h6-7H,1-5H3,(H,15,16). The number of carbonyl (C=O) groups is 1. The normalized spacial score (nSPS) is 11.9. The van der Waals surface area contributed by atoms with Crippen LogP contribution in [0.1, 0.15) is 31.1 Å². The Bertz CT molecular complexity index is 649. The van der Waals surface area contributed by atoms with E-state index in [0.29, 0.717) is 0 Å². The lowest BCUT2D eigenvalue weighted by molar-refractivity contribution is 0.0919. The number of hydrogen-bond donors (Lipinski definition) is 1. The highest BCUT2D eigenvalue weighted by atomic mass is 35.7. The summed E-state index contributed by atoms with van der Waals surface area (Å²) in [5, 5.41) is 2.73. The van der Waals surface area contributed by atoms with Crippen molar-refractivity contribution in [2.24, 2.45) is 0 Å². The Balaban J connectivity index is 3.47. The van der Waals surface area contributed by atoms with Gasteiger partial charge in [0.05, 0.1) is 14.2 Å². The zero-order valence-corrected chi connectivity index (χ0v) is 14.1. The first-order valence-corrected chi connectivity index (χ1v) is 8.33. The molecule has 21 heavy (non-hydrogen) atoms. The van der Waals surface area contributed by atoms with E-state index in [-0.39, 0.29) is 22.0 Å². The van der Waals surface area contributed by atoms with Gasteiger partial charge >= 0.3 is 0 Å². The zero-order valence-electron chi connectivity index (χ0n) is 12.5. The van der Waals surface area contributed by atoms with Crippen LogP contribution in [0.15, 0.2) is 17.0 Å². The molecule has 0 spiro atoms. The largest absolute Gasteiger partial charge is 0.493 e. The maximum Gasteiger partial charge on any atom is 0.265 e. The Morgan fingerprint density at radius 3 is 2.14 bits per heavy atom. The summed E-state index contributed by atoms with van der Waals surface area (Å²) in [4.78, 5) is 11.8. The minimum absolute atomic E-state index is 0.0418. The lowest BCUT2D eigenvalue weighted by Crippen LogP contribution is -2.40. The average Bonchev–Trinajstić information content (AvgIpc) is 2.33. The van der Waals surface area contributed by atoms with Gasteiger partial charge < -0.3 is 14.8 Å². The van der Waals surface area contributed by atoms with Gasteiger partial charge in [-0.1, -0.05) is 0 Å². The molecule has 0 heterocycles. The fourth-order valence-electron chi connectivity index (χ4n) is 1.65. The van der Waals surface area contributed by atoms with Crippen LogP contribution in [0.3, 0.4) is 0 Å². The van der Waals surface area contributed by atoms with Gasteiger partial charge in [0, 0.05) is 21.8 Å². The Hall–Kier alpha value is -1.47. The molecule has 6 nitrogen and oxygen atoms in total. The van der Waals surface area contributed by atoms with Gasteiger partial charge in [0.2, 0.25) is 0 Å². The molecular weight excluding hydrogens is 318 g/mol. The summed E-state index contributed by atoms with van der Waals surface area (Å²) in [7, 11) is 3.93. The van der Waals surface area contributed by atoms with Crippen LogP contribution in [0.5, 0.6) is 11.5 Å². The van der Waals surface area contributed by atoms with Crippen LogP contribution in [0.4, 0.5) is 0 Å². The van der Waals surface area contributed by atoms with Gasteiger partial charge in [0.15, 0.2) is 11.5 Å². The minimum atomic E-state index is -4.09. The number of carbonyl (C=O) groups excluding carboxylic acids is 1. The topological polar surface area (TPSA) is 81.7 Å². The van der Waals surface area contributed by atoms with Crippen molar-refractivity contribution >= 4 is 25.6 Å². The van der Waals surface area contributed by atoms with Crippen LogP contribution in [0.2, 0.25) is 0 Å². The first-order chi connectivity index (χ1) is 9.49. The third-order valence-electron chi connectivity index (χ3n) is 2.46. The summed E-state index contributed by atoms with van der Waals surface area (Å²) >= 11 is 0. The number of ether oxygens (including phenoxy) is 2. The predicted octanol–water partition coefficient (Wildman–Crippen LogP) is 2.16. The van der Waals surface area contributed by atoms with Crippen molar-refractivity contribution in [3.63, 3.8) is 0 Å². The van der Waals surface area contributed by atoms with Gasteiger partial charge in [-0.3, -0.25) is 4.79 Å². The first kappa shape index (κ1) is 17.6. The third-order valence-corrected chi connectivity index (χ3v) is 3.79. The van der Waals surface area contributed by atoms with Crippen LogP contribution < -0.4 is 14.8 Å². The summed E-state index contributed by atoms with van der Waals surface area (Å²) < 4.78 is 33.4. The molecule has 0 saturated carbocycles. The zero-order chi connectivity index (χ0) is 16.4. The van der Waals surface area contributed by atoms with Crippen molar-refractivity contribution < 1.29 is 22.7 Å². The van der Waals surface area contributed by atoms with E-state index in [4.69, 9.17) is 20.2 Å². The Morgan fingerprint density at radius 1 is 1.19 bits per heavy atom. The number of halogens is 1. The van der Waals surface area contributed by atoms with E-state index in [0.717, 1.165) is 6.07 Å².